The molecule has 0 radical (unpaired) electrons. The maximum atomic E-state index is 12.9. The minimum Gasteiger partial charge on any atom is -0.458 e. The van der Waals surface area contributed by atoms with E-state index >= 15 is 0 Å². The molecular formula is C16H14F3NO2. The molecule has 2 rings (SSSR count). The van der Waals surface area contributed by atoms with Gasteiger partial charge in [-0.05, 0) is 38.1 Å². The summed E-state index contributed by atoms with van der Waals surface area (Å²) in [6, 6.07) is 8.25. The number of rotatable bonds is 4. The summed E-state index contributed by atoms with van der Waals surface area (Å²) in [7, 11) is 0. The predicted octanol–water partition coefficient (Wildman–Crippen LogP) is 4.81. The number of allylic oxidation sites excluding steroid dienone is 2. The van der Waals surface area contributed by atoms with Crippen molar-refractivity contribution in [2.24, 2.45) is 0 Å². The molecule has 0 unspecified atom stereocenters. The zero-order valence-electron chi connectivity index (χ0n) is 12.0. The molecule has 0 aliphatic carbocycles. The Kier molecular flexibility index (Phi) is 4.40. The number of benzene rings is 1. The van der Waals surface area contributed by atoms with Gasteiger partial charge in [0.1, 0.15) is 5.76 Å². The van der Waals surface area contributed by atoms with Crippen LogP contribution in [0.15, 0.2) is 52.6 Å². The summed E-state index contributed by atoms with van der Waals surface area (Å²) in [4.78, 5) is 11.9. The molecule has 1 N–H and O–H groups in total. The first-order valence-electron chi connectivity index (χ1n) is 6.49. The van der Waals surface area contributed by atoms with Gasteiger partial charge in [0, 0.05) is 11.8 Å². The van der Waals surface area contributed by atoms with E-state index in [0.29, 0.717) is 5.76 Å². The molecule has 116 valence electrons. The summed E-state index contributed by atoms with van der Waals surface area (Å²) in [5, 5.41) is 2.60. The highest BCUT2D eigenvalue weighted by atomic mass is 19.4. The molecular weight excluding hydrogens is 295 g/mol. The van der Waals surface area contributed by atoms with Gasteiger partial charge in [0.15, 0.2) is 5.76 Å². The van der Waals surface area contributed by atoms with Crippen molar-refractivity contribution in [1.82, 2.24) is 0 Å². The second kappa shape index (κ2) is 6.09. The molecule has 22 heavy (non-hydrogen) atoms. The first-order chi connectivity index (χ1) is 10.3. The van der Waals surface area contributed by atoms with E-state index < -0.39 is 17.5 Å². The number of anilines is 1. The highest BCUT2D eigenvalue weighted by molar-refractivity contribution is 6.03. The van der Waals surface area contributed by atoms with Crippen LogP contribution in [0.4, 0.5) is 18.9 Å². The second-order valence-electron chi connectivity index (χ2n) is 4.77. The molecule has 0 aliphatic heterocycles. The summed E-state index contributed by atoms with van der Waals surface area (Å²) >= 11 is 0. The third-order valence-corrected chi connectivity index (χ3v) is 2.90. The van der Waals surface area contributed by atoms with Crippen molar-refractivity contribution in [1.29, 1.82) is 0 Å². The number of para-hydroxylation sites is 1. The Hall–Kier alpha value is -2.50. The molecule has 3 nitrogen and oxygen atoms in total. The van der Waals surface area contributed by atoms with E-state index in [-0.39, 0.29) is 17.1 Å². The molecule has 6 heteroatoms. The number of hydrogen-bond acceptors (Lipinski definition) is 3. The van der Waals surface area contributed by atoms with Crippen LogP contribution in [0.3, 0.4) is 0 Å². The van der Waals surface area contributed by atoms with E-state index in [2.05, 4.69) is 5.32 Å². The van der Waals surface area contributed by atoms with Crippen LogP contribution < -0.4 is 5.32 Å². The number of hydrogen-bond donors (Lipinski definition) is 1. The van der Waals surface area contributed by atoms with E-state index in [4.69, 9.17) is 4.42 Å². The van der Waals surface area contributed by atoms with Crippen molar-refractivity contribution < 1.29 is 22.4 Å². The average Bonchev–Trinajstić information content (AvgIpc) is 2.84. The fourth-order valence-corrected chi connectivity index (χ4v) is 1.92. The molecule has 0 atom stereocenters. The molecule has 0 fully saturated rings. The topological polar surface area (TPSA) is 42.2 Å². The lowest BCUT2D eigenvalue weighted by Gasteiger charge is -2.14. The lowest BCUT2D eigenvalue weighted by Crippen LogP contribution is -2.10. The first kappa shape index (κ1) is 15.9. The second-order valence-corrected chi connectivity index (χ2v) is 4.77. The van der Waals surface area contributed by atoms with E-state index in [0.717, 1.165) is 6.07 Å². The maximum Gasteiger partial charge on any atom is 0.418 e. The van der Waals surface area contributed by atoms with Gasteiger partial charge in [-0.1, -0.05) is 12.1 Å². The monoisotopic (exact) mass is 309 g/mol. The molecule has 0 spiro atoms. The Bertz CT molecular complexity index is 714. The first-order valence-corrected chi connectivity index (χ1v) is 6.49. The zero-order chi connectivity index (χ0) is 16.3. The normalized spacial score (nSPS) is 12.3. The molecule has 2 aromatic rings. The number of halogens is 3. The van der Waals surface area contributed by atoms with Crippen molar-refractivity contribution >= 4 is 11.5 Å². The predicted molar refractivity (Wildman–Crippen MR) is 76.6 cm³/mol. The Labute approximate surface area is 125 Å². The van der Waals surface area contributed by atoms with Crippen LogP contribution in [0, 0.1) is 6.92 Å². The SMILES string of the molecule is C/C(=C\C(=O)c1ccc(C)o1)Nc1ccccc1C(F)(F)F. The van der Waals surface area contributed by atoms with Gasteiger partial charge in [-0.3, -0.25) is 4.79 Å². The Morgan fingerprint density at radius 1 is 1.18 bits per heavy atom. The molecule has 0 bridgehead atoms. The van der Waals surface area contributed by atoms with E-state index in [1.807, 2.05) is 0 Å². The Morgan fingerprint density at radius 3 is 2.45 bits per heavy atom. The summed E-state index contributed by atoms with van der Waals surface area (Å²) < 4.78 is 43.8. The third kappa shape index (κ3) is 3.78. The van der Waals surface area contributed by atoms with Crippen LogP contribution in [0.25, 0.3) is 0 Å². The molecule has 1 aromatic carbocycles. The molecule has 0 amide bonds. The number of carbonyl (C=O) groups is 1. The van der Waals surface area contributed by atoms with Gasteiger partial charge in [0.2, 0.25) is 5.78 Å². The van der Waals surface area contributed by atoms with Crippen LogP contribution in [-0.4, -0.2) is 5.78 Å². The summed E-state index contributed by atoms with van der Waals surface area (Å²) in [6.45, 7) is 3.21. The van der Waals surface area contributed by atoms with Crippen LogP contribution >= 0.6 is 0 Å². The van der Waals surface area contributed by atoms with Crippen molar-refractivity contribution in [2.75, 3.05) is 5.32 Å². The van der Waals surface area contributed by atoms with Crippen molar-refractivity contribution in [2.45, 2.75) is 20.0 Å². The number of alkyl halides is 3. The smallest absolute Gasteiger partial charge is 0.418 e. The van der Waals surface area contributed by atoms with Crippen molar-refractivity contribution in [3.8, 4) is 0 Å². The number of ketones is 1. The highest BCUT2D eigenvalue weighted by Gasteiger charge is 2.33. The quantitative estimate of drug-likeness (QED) is 0.651. The standard InChI is InChI=1S/C16H14F3NO2/c1-10(9-14(21)15-8-7-11(2)22-15)20-13-6-4-3-5-12(13)16(17,18)19/h3-9,20H,1-2H3/b10-9+. The van der Waals surface area contributed by atoms with E-state index in [1.165, 1.54) is 37.3 Å². The maximum absolute atomic E-state index is 12.9. The number of nitrogens with one attached hydrogen (secondary N) is 1. The lowest BCUT2D eigenvalue weighted by molar-refractivity contribution is -0.136. The average molecular weight is 309 g/mol. The third-order valence-electron chi connectivity index (χ3n) is 2.90. The van der Waals surface area contributed by atoms with Gasteiger partial charge >= 0.3 is 6.18 Å². The molecule has 0 aliphatic rings. The fraction of sp³-hybridized carbons (Fsp3) is 0.188. The largest absolute Gasteiger partial charge is 0.458 e. The summed E-state index contributed by atoms with van der Waals surface area (Å²) in [5.74, 6) is 0.315. The van der Waals surface area contributed by atoms with Crippen LogP contribution in [0.1, 0.15) is 28.8 Å². The number of carbonyl (C=O) groups excluding carboxylic acids is 1. The van der Waals surface area contributed by atoms with E-state index in [1.54, 1.807) is 13.0 Å². The minimum absolute atomic E-state index is 0.104. The summed E-state index contributed by atoms with van der Waals surface area (Å²) in [6.07, 6.45) is -3.27. The van der Waals surface area contributed by atoms with Gasteiger partial charge in [-0.2, -0.15) is 13.2 Å². The molecule has 0 saturated carbocycles. The Balaban J connectivity index is 2.20. The molecule has 1 heterocycles. The van der Waals surface area contributed by atoms with Gasteiger partial charge in [-0.15, -0.1) is 0 Å². The highest BCUT2D eigenvalue weighted by Crippen LogP contribution is 2.35. The van der Waals surface area contributed by atoms with Gasteiger partial charge in [0.25, 0.3) is 0 Å². The lowest BCUT2D eigenvalue weighted by atomic mass is 10.1. The number of furan rings is 1. The van der Waals surface area contributed by atoms with Gasteiger partial charge in [0.05, 0.1) is 11.3 Å². The van der Waals surface area contributed by atoms with E-state index in [9.17, 15) is 18.0 Å². The van der Waals surface area contributed by atoms with Gasteiger partial charge < -0.3 is 9.73 Å². The van der Waals surface area contributed by atoms with Crippen LogP contribution in [-0.2, 0) is 6.18 Å². The molecule has 0 saturated heterocycles. The number of aryl methyl sites for hydroxylation is 1. The zero-order valence-corrected chi connectivity index (χ0v) is 12.0. The van der Waals surface area contributed by atoms with Crippen LogP contribution in [0.2, 0.25) is 0 Å². The Morgan fingerprint density at radius 2 is 1.86 bits per heavy atom. The summed E-state index contributed by atoms with van der Waals surface area (Å²) in [5.41, 5.74) is -0.605. The van der Waals surface area contributed by atoms with Crippen LogP contribution in [0.5, 0.6) is 0 Å². The molecule has 1 aromatic heterocycles. The minimum atomic E-state index is -4.47. The fourth-order valence-electron chi connectivity index (χ4n) is 1.92. The van der Waals surface area contributed by atoms with Crippen molar-refractivity contribution in [3.63, 3.8) is 0 Å². The van der Waals surface area contributed by atoms with Gasteiger partial charge in [-0.25, -0.2) is 0 Å². The van der Waals surface area contributed by atoms with Crippen molar-refractivity contribution in [3.05, 3.63) is 65.3 Å².